The zero-order valence-electron chi connectivity index (χ0n) is 13.6. The first-order valence-corrected chi connectivity index (χ1v) is 9.59. The summed E-state index contributed by atoms with van der Waals surface area (Å²) in [6.07, 6.45) is 13.2. The summed E-state index contributed by atoms with van der Waals surface area (Å²) < 4.78 is 0. The van der Waals surface area contributed by atoms with Crippen LogP contribution in [0.4, 0.5) is 0 Å². The third kappa shape index (κ3) is 4.88. The van der Waals surface area contributed by atoms with E-state index in [1.165, 1.54) is 74.5 Å². The van der Waals surface area contributed by atoms with Gasteiger partial charge in [-0.3, -0.25) is 0 Å². The topological polar surface area (TPSA) is 0 Å². The van der Waals surface area contributed by atoms with Gasteiger partial charge in [0, 0.05) is 0 Å². The minimum Gasteiger partial charge on any atom is -0.0866 e. The molecule has 1 heteroatoms. The van der Waals surface area contributed by atoms with Gasteiger partial charge in [-0.15, -0.1) is 0 Å². The van der Waals surface area contributed by atoms with Crippen molar-refractivity contribution in [1.82, 2.24) is 0 Å². The van der Waals surface area contributed by atoms with Crippen molar-refractivity contribution in [3.05, 3.63) is 28.8 Å². The summed E-state index contributed by atoms with van der Waals surface area (Å²) in [5.74, 6) is 0. The van der Waals surface area contributed by atoms with Gasteiger partial charge in [0.05, 0.1) is 0 Å². The molecule has 0 saturated heterocycles. The molecule has 0 bridgehead atoms. The molecule has 1 fully saturated rings. The molecule has 1 saturated carbocycles. The Morgan fingerprint density at radius 1 is 0.750 bits per heavy atom. The van der Waals surface area contributed by atoms with Crippen LogP contribution in [0, 0.1) is 20.8 Å². The summed E-state index contributed by atoms with van der Waals surface area (Å²) >= 11 is 0. The highest BCUT2D eigenvalue weighted by molar-refractivity contribution is 7.48. The van der Waals surface area contributed by atoms with Gasteiger partial charge in [0.25, 0.3) is 0 Å². The molecule has 0 aromatic heterocycles. The van der Waals surface area contributed by atoms with Gasteiger partial charge in [0.2, 0.25) is 0 Å². The Morgan fingerprint density at radius 3 is 1.70 bits per heavy atom. The highest BCUT2D eigenvalue weighted by Crippen LogP contribution is 2.32. The second-order valence-corrected chi connectivity index (χ2v) is 8.27. The molecule has 2 rings (SSSR count). The van der Waals surface area contributed by atoms with Crippen LogP contribution in [0.15, 0.2) is 12.1 Å². The lowest BCUT2D eigenvalue weighted by Gasteiger charge is -2.21. The fraction of sp³-hybridized carbons (Fsp3) is 0.684. The Morgan fingerprint density at radius 2 is 1.20 bits per heavy atom. The number of aryl methyl sites for hydroxylation is 3. The van der Waals surface area contributed by atoms with Crippen molar-refractivity contribution in [3.8, 4) is 0 Å². The second-order valence-electron chi connectivity index (χ2n) is 6.67. The Hall–Kier alpha value is -0.350. The zero-order chi connectivity index (χ0) is 14.4. The maximum Gasteiger partial charge on any atom is -0.0196 e. The maximum atomic E-state index is 2.37. The van der Waals surface area contributed by atoms with Crippen LogP contribution in [0.5, 0.6) is 0 Å². The predicted molar refractivity (Wildman–Crippen MR) is 93.9 cm³/mol. The highest BCUT2D eigenvalue weighted by Gasteiger charge is 2.14. The van der Waals surface area contributed by atoms with Crippen LogP contribution < -0.4 is 5.30 Å². The molecule has 0 aliphatic heterocycles. The summed E-state index contributed by atoms with van der Waals surface area (Å²) in [5, 5.41) is 1.66. The standard InChI is InChI=1S/C19H31P/c1-15-13-16(2)19(17(3)14-15)20-18-11-9-7-5-4-6-8-10-12-18/h13-14,18,20H,4-12H2,1-3H3. The molecule has 0 N–H and O–H groups in total. The lowest BCUT2D eigenvalue weighted by Crippen LogP contribution is -2.13. The molecule has 1 unspecified atom stereocenters. The Labute approximate surface area is 127 Å². The van der Waals surface area contributed by atoms with Crippen molar-refractivity contribution in [2.45, 2.75) is 84.2 Å². The summed E-state index contributed by atoms with van der Waals surface area (Å²) in [5.41, 5.74) is 5.42. The quantitative estimate of drug-likeness (QED) is 0.603. The van der Waals surface area contributed by atoms with Gasteiger partial charge in [-0.2, -0.15) is 0 Å². The van der Waals surface area contributed by atoms with E-state index in [1.54, 1.807) is 5.30 Å². The van der Waals surface area contributed by atoms with Crippen molar-refractivity contribution in [1.29, 1.82) is 0 Å². The van der Waals surface area contributed by atoms with Crippen molar-refractivity contribution in [3.63, 3.8) is 0 Å². The van der Waals surface area contributed by atoms with Gasteiger partial charge in [0.15, 0.2) is 0 Å². The van der Waals surface area contributed by atoms with Gasteiger partial charge < -0.3 is 0 Å². The molecule has 112 valence electrons. The third-order valence-corrected chi connectivity index (χ3v) is 6.69. The molecule has 0 amide bonds. The smallest absolute Gasteiger partial charge is 0.0196 e. The minimum absolute atomic E-state index is 0.952. The van der Waals surface area contributed by atoms with E-state index < -0.39 is 0 Å². The molecule has 0 spiro atoms. The average Bonchev–Trinajstić information content (AvgIpc) is 2.41. The number of rotatable bonds is 2. The predicted octanol–water partition coefficient (Wildman–Crippen LogP) is 5.81. The van der Waals surface area contributed by atoms with Crippen LogP contribution in [0.1, 0.15) is 74.5 Å². The Kier molecular flexibility index (Phi) is 6.56. The van der Waals surface area contributed by atoms with Crippen LogP contribution in [0.3, 0.4) is 0 Å². The summed E-state index contributed by atoms with van der Waals surface area (Å²) in [7, 11) is 1.03. The van der Waals surface area contributed by atoms with E-state index in [1.807, 2.05) is 0 Å². The van der Waals surface area contributed by atoms with Crippen molar-refractivity contribution in [2.75, 3.05) is 0 Å². The van der Waals surface area contributed by atoms with E-state index in [0.717, 1.165) is 14.2 Å². The fourth-order valence-electron chi connectivity index (χ4n) is 3.57. The van der Waals surface area contributed by atoms with E-state index in [-0.39, 0.29) is 0 Å². The first-order chi connectivity index (χ1) is 9.66. The lowest BCUT2D eigenvalue weighted by molar-refractivity contribution is 0.510. The molecule has 1 aromatic carbocycles. The van der Waals surface area contributed by atoms with Crippen molar-refractivity contribution in [2.24, 2.45) is 0 Å². The molecule has 0 nitrogen and oxygen atoms in total. The van der Waals surface area contributed by atoms with Crippen LogP contribution in [0.25, 0.3) is 0 Å². The summed E-state index contributed by atoms with van der Waals surface area (Å²) in [6, 6.07) is 4.74. The minimum atomic E-state index is 0.952. The van der Waals surface area contributed by atoms with Gasteiger partial charge >= 0.3 is 0 Å². The van der Waals surface area contributed by atoms with E-state index in [4.69, 9.17) is 0 Å². The normalized spacial score (nSPS) is 19.6. The van der Waals surface area contributed by atoms with Crippen LogP contribution in [-0.4, -0.2) is 5.66 Å². The van der Waals surface area contributed by atoms with E-state index in [2.05, 4.69) is 32.9 Å². The number of benzene rings is 1. The van der Waals surface area contributed by atoms with Gasteiger partial charge in [-0.25, -0.2) is 0 Å². The zero-order valence-corrected chi connectivity index (χ0v) is 14.6. The molecule has 20 heavy (non-hydrogen) atoms. The molecule has 1 aliphatic rings. The third-order valence-electron chi connectivity index (χ3n) is 4.63. The van der Waals surface area contributed by atoms with Gasteiger partial charge in [-0.1, -0.05) is 71.2 Å². The summed E-state index contributed by atoms with van der Waals surface area (Å²) in [6.45, 7) is 6.83. The van der Waals surface area contributed by atoms with Crippen molar-refractivity contribution >= 4 is 13.9 Å². The molecule has 1 aromatic rings. The van der Waals surface area contributed by atoms with Crippen LogP contribution in [0.2, 0.25) is 0 Å². The largest absolute Gasteiger partial charge is 0.0866 e. The molecule has 0 heterocycles. The van der Waals surface area contributed by atoms with Crippen LogP contribution in [-0.2, 0) is 0 Å². The van der Waals surface area contributed by atoms with E-state index >= 15 is 0 Å². The Balaban J connectivity index is 2.02. The Bertz CT molecular complexity index is 389. The second kappa shape index (κ2) is 8.18. The average molecular weight is 290 g/mol. The van der Waals surface area contributed by atoms with Crippen LogP contribution >= 0.6 is 8.58 Å². The summed E-state index contributed by atoms with van der Waals surface area (Å²) in [4.78, 5) is 0. The fourth-order valence-corrected chi connectivity index (χ4v) is 5.27. The van der Waals surface area contributed by atoms with E-state index in [9.17, 15) is 0 Å². The molecule has 1 atom stereocenters. The van der Waals surface area contributed by atoms with Gasteiger partial charge in [0.1, 0.15) is 0 Å². The SMILES string of the molecule is Cc1cc(C)c(PC2CCCCCCCCC2)c(C)c1. The molecular formula is C19H31P. The van der Waals surface area contributed by atoms with Crippen molar-refractivity contribution < 1.29 is 0 Å². The number of hydrogen-bond acceptors (Lipinski definition) is 0. The van der Waals surface area contributed by atoms with E-state index in [0.29, 0.717) is 0 Å². The number of hydrogen-bond donors (Lipinski definition) is 0. The molecule has 1 aliphatic carbocycles. The van der Waals surface area contributed by atoms with Gasteiger partial charge in [-0.05, 0) is 55.7 Å². The molecule has 0 radical (unpaired) electrons. The monoisotopic (exact) mass is 290 g/mol. The first kappa shape index (κ1) is 16.0. The highest BCUT2D eigenvalue weighted by atomic mass is 31.1. The first-order valence-electron chi connectivity index (χ1n) is 8.51. The molecular weight excluding hydrogens is 259 g/mol. The lowest BCUT2D eigenvalue weighted by atomic mass is 10.0. The maximum absolute atomic E-state index is 2.37.